The zero-order valence-corrected chi connectivity index (χ0v) is 12.9. The van der Waals surface area contributed by atoms with Crippen LogP contribution in [0, 0.1) is 0 Å². The molecule has 7 heteroatoms. The molecule has 0 amide bonds. The molecule has 0 aromatic rings. The van der Waals surface area contributed by atoms with Gasteiger partial charge >= 0.3 is 0 Å². The molecule has 1 aliphatic heterocycles. The van der Waals surface area contributed by atoms with Gasteiger partial charge in [0.1, 0.15) is 0 Å². The van der Waals surface area contributed by atoms with Crippen LogP contribution in [0.15, 0.2) is 0 Å². The second-order valence-electron chi connectivity index (χ2n) is 2.40. The first-order valence-corrected chi connectivity index (χ1v) is 26.3. The average molecular weight is 196 g/mol. The Bertz CT molecular complexity index is 46.1. The lowest BCUT2D eigenvalue weighted by atomic mass is 13.9. The van der Waals surface area contributed by atoms with Gasteiger partial charge in [-0.15, -0.1) is 0 Å². The highest BCUT2D eigenvalue weighted by atomic mass is 30.1. The van der Waals surface area contributed by atoms with Crippen molar-refractivity contribution in [2.75, 3.05) is 0 Å². The monoisotopic (exact) mass is 195 g/mol. The van der Waals surface area contributed by atoms with Crippen LogP contribution in [0.25, 0.3) is 0 Å². The van der Waals surface area contributed by atoms with Gasteiger partial charge in [0.15, 0.2) is 0 Å². The largest absolute Gasteiger partial charge is 0.358 e. The zero-order valence-electron chi connectivity index (χ0n) is 4.69. The fraction of sp³-hybridized carbons (Fsp3) is 0. The quantitative estimate of drug-likeness (QED) is 0.383. The summed E-state index contributed by atoms with van der Waals surface area (Å²) in [4.78, 5) is 0. The van der Waals surface area contributed by atoms with Crippen LogP contribution in [0.5, 0.6) is 0 Å². The topological polar surface area (TPSA) is 26.0 Å². The molecule has 0 aromatic heterocycles. The van der Waals surface area contributed by atoms with E-state index in [1.54, 1.807) is 0 Å². The minimum absolute atomic E-state index is 0.159. The van der Waals surface area contributed by atoms with E-state index in [0.717, 1.165) is 25.7 Å². The van der Waals surface area contributed by atoms with Gasteiger partial charge in [-0.2, -0.15) is 0 Å². The summed E-state index contributed by atoms with van der Waals surface area (Å²) in [6.45, 7) is 0. The molecule has 1 nitrogen and oxygen atoms in total. The van der Waals surface area contributed by atoms with Gasteiger partial charge < -0.3 is 5.40 Å². The molecule has 7 heavy (non-hydrogen) atoms. The molecule has 42 valence electrons. The lowest BCUT2D eigenvalue weighted by Gasteiger charge is -2.11. The highest BCUT2D eigenvalue weighted by Gasteiger charge is 2.10. The summed E-state index contributed by atoms with van der Waals surface area (Å²) in [7, 11) is 3.51. The van der Waals surface area contributed by atoms with E-state index in [1.807, 2.05) is 0 Å². The third-order valence-corrected chi connectivity index (χ3v) is 116. The van der Waals surface area contributed by atoms with E-state index in [1.165, 1.54) is 0 Å². The Morgan fingerprint density at radius 3 is 1.86 bits per heavy atom. The van der Waals surface area contributed by atoms with Crippen molar-refractivity contribution in [3.8, 4) is 0 Å². The number of hydrogen-bond acceptors (Lipinski definition) is 1. The van der Waals surface area contributed by atoms with E-state index in [-0.39, 0.29) is 7.99 Å². The van der Waals surface area contributed by atoms with Crippen LogP contribution in [-0.2, 0) is 0 Å². The molecule has 1 aliphatic rings. The fourth-order valence-corrected chi connectivity index (χ4v) is 237. The SMILES string of the molecule is N[SiH]1[SiH2][SiH2][SiH2][SiH2][SiH2]1. The van der Waals surface area contributed by atoms with Crippen LogP contribution in [0.2, 0.25) is 0 Å². The molecule has 0 unspecified atom stereocenters. The summed E-state index contributed by atoms with van der Waals surface area (Å²) in [6.07, 6.45) is 0. The Hall–Kier alpha value is 1.26. The van der Waals surface area contributed by atoms with Crippen LogP contribution >= 0.6 is 0 Å². The van der Waals surface area contributed by atoms with Crippen LogP contribution in [0.4, 0.5) is 0 Å². The van der Waals surface area contributed by atoms with Gasteiger partial charge in [0.05, 0.1) is 7.99 Å². The van der Waals surface area contributed by atoms with Crippen LogP contribution in [0.1, 0.15) is 0 Å². The summed E-state index contributed by atoms with van der Waals surface area (Å²) < 4.78 is 0. The van der Waals surface area contributed by atoms with Crippen molar-refractivity contribution in [3.05, 3.63) is 0 Å². The highest BCUT2D eigenvalue weighted by Crippen LogP contribution is 1.70. The van der Waals surface area contributed by atoms with Crippen molar-refractivity contribution >= 4 is 50.8 Å². The molecular weight excluding hydrogens is 183 g/mol. The zero-order chi connectivity index (χ0) is 5.11. The maximum absolute atomic E-state index is 5.99. The van der Waals surface area contributed by atoms with E-state index in [0.29, 0.717) is 17.1 Å². The second-order valence-corrected chi connectivity index (χ2v) is 56.3. The summed E-state index contributed by atoms with van der Waals surface area (Å²) in [5, 5.41) is 5.99. The summed E-state index contributed by atoms with van der Waals surface area (Å²) >= 11 is 0. The standard InChI is InChI=1S/H13NSi6/c1-7-5-3-2-4-6-7/h7H,1-6H2. The third kappa shape index (κ3) is 2.34. The fourth-order valence-electron chi connectivity index (χ4n) is 1.13. The number of nitrogens with two attached hydrogens (primary N) is 1. The molecular formula is H13NSi6. The van der Waals surface area contributed by atoms with Gasteiger partial charge in [0, 0.05) is 17.1 Å². The van der Waals surface area contributed by atoms with E-state index in [4.69, 9.17) is 5.40 Å². The minimum atomic E-state index is -0.159. The Morgan fingerprint density at radius 2 is 1.57 bits per heavy atom. The lowest BCUT2D eigenvalue weighted by molar-refractivity contribution is 1.95. The third-order valence-electron chi connectivity index (χ3n) is 1.65. The number of hydrogen-bond donors (Lipinski definition) is 1. The van der Waals surface area contributed by atoms with Crippen LogP contribution in [0.3, 0.4) is 0 Å². The Balaban J connectivity index is 2.12. The summed E-state index contributed by atoms with van der Waals surface area (Å²) in [5.74, 6) is 0. The van der Waals surface area contributed by atoms with Crippen LogP contribution in [-0.4, -0.2) is 50.8 Å². The first kappa shape index (κ1) is 6.38. The van der Waals surface area contributed by atoms with Crippen molar-refractivity contribution in [3.63, 3.8) is 0 Å². The molecule has 0 aliphatic carbocycles. The van der Waals surface area contributed by atoms with Gasteiger partial charge in [0.25, 0.3) is 0 Å². The van der Waals surface area contributed by atoms with Gasteiger partial charge in [-0.1, -0.05) is 0 Å². The maximum atomic E-state index is 5.99. The Morgan fingerprint density at radius 1 is 1.00 bits per heavy atom. The molecule has 1 saturated heterocycles. The van der Waals surface area contributed by atoms with Gasteiger partial charge in [0.2, 0.25) is 0 Å². The molecule has 0 spiro atoms. The normalized spacial score (nSPS) is 50.1. The molecule has 1 fully saturated rings. The molecule has 2 N–H and O–H groups in total. The van der Waals surface area contributed by atoms with Crippen molar-refractivity contribution in [1.29, 1.82) is 0 Å². The van der Waals surface area contributed by atoms with E-state index < -0.39 is 0 Å². The molecule has 0 aromatic carbocycles. The summed E-state index contributed by atoms with van der Waals surface area (Å²) in [5.41, 5.74) is 0. The van der Waals surface area contributed by atoms with Gasteiger partial charge in [-0.25, -0.2) is 0 Å². The first-order chi connectivity index (χ1) is 3.39. The van der Waals surface area contributed by atoms with Crippen LogP contribution < -0.4 is 5.40 Å². The average Bonchev–Trinajstić information content (AvgIpc) is 1.69. The van der Waals surface area contributed by atoms with Crippen molar-refractivity contribution in [2.24, 2.45) is 5.40 Å². The van der Waals surface area contributed by atoms with Gasteiger partial charge in [-0.3, -0.25) is 0 Å². The second kappa shape index (κ2) is 3.32. The summed E-state index contributed by atoms with van der Waals surface area (Å²) in [6, 6.07) is 0. The van der Waals surface area contributed by atoms with E-state index >= 15 is 0 Å². The van der Waals surface area contributed by atoms with E-state index in [9.17, 15) is 0 Å². The molecule has 0 radical (unpaired) electrons. The first-order valence-electron chi connectivity index (χ1n) is 3.15. The minimum Gasteiger partial charge on any atom is -0.358 e. The maximum Gasteiger partial charge on any atom is 0.0672 e. The molecule has 1 rings (SSSR count). The lowest BCUT2D eigenvalue weighted by Crippen LogP contribution is -2.53. The predicted octanol–water partition coefficient (Wildman–Crippen LogP) is -5.82. The van der Waals surface area contributed by atoms with Crippen molar-refractivity contribution in [1.82, 2.24) is 0 Å². The van der Waals surface area contributed by atoms with Gasteiger partial charge in [-0.05, 0) is 25.7 Å². The van der Waals surface area contributed by atoms with Crippen molar-refractivity contribution < 1.29 is 0 Å². The number of rotatable bonds is 0. The van der Waals surface area contributed by atoms with Crippen molar-refractivity contribution in [2.45, 2.75) is 0 Å². The Kier molecular flexibility index (Phi) is 3.03. The Labute approximate surface area is 56.4 Å². The molecule has 0 saturated carbocycles. The smallest absolute Gasteiger partial charge is 0.0672 e. The van der Waals surface area contributed by atoms with E-state index in [2.05, 4.69) is 0 Å². The molecule has 1 heterocycles. The highest BCUT2D eigenvalue weighted by molar-refractivity contribution is 7.79. The molecule has 0 bridgehead atoms. The predicted molar refractivity (Wildman–Crippen MR) is 54.1 cm³/mol. The molecule has 0 atom stereocenters.